The highest BCUT2D eigenvalue weighted by molar-refractivity contribution is 5.53. The third-order valence-electron chi connectivity index (χ3n) is 3.65. The molecule has 0 amide bonds. The van der Waals surface area contributed by atoms with E-state index in [9.17, 15) is 4.39 Å². The predicted molar refractivity (Wildman–Crippen MR) is 89.2 cm³/mol. The van der Waals surface area contributed by atoms with Gasteiger partial charge in [-0.1, -0.05) is 45.0 Å². The molecule has 2 aromatic carbocycles. The molecule has 0 radical (unpaired) electrons. The normalized spacial score (nSPS) is 11.5. The molecule has 124 valence electrons. The minimum absolute atomic E-state index is 0.0969. The maximum Gasteiger partial charge on any atom is 0.254 e. The summed E-state index contributed by atoms with van der Waals surface area (Å²) in [6, 6.07) is 14.2. The van der Waals surface area contributed by atoms with Gasteiger partial charge in [0.2, 0.25) is 0 Å². The number of hydrogen-bond donors (Lipinski definition) is 0. The number of hydrogen-bond acceptors (Lipinski definition) is 4. The van der Waals surface area contributed by atoms with Crippen LogP contribution in [0.15, 0.2) is 52.9 Å². The van der Waals surface area contributed by atoms with E-state index in [-0.39, 0.29) is 23.5 Å². The van der Waals surface area contributed by atoms with E-state index in [0.29, 0.717) is 11.6 Å². The zero-order valence-electron chi connectivity index (χ0n) is 13.9. The molecule has 24 heavy (non-hydrogen) atoms. The molecule has 0 aliphatic rings. The van der Waals surface area contributed by atoms with Gasteiger partial charge in [0, 0.05) is 0 Å². The van der Waals surface area contributed by atoms with Gasteiger partial charge in [0.05, 0.1) is 5.56 Å². The summed E-state index contributed by atoms with van der Waals surface area (Å²) in [6.45, 7) is 6.61. The van der Waals surface area contributed by atoms with Gasteiger partial charge in [0.15, 0.2) is 6.61 Å². The lowest BCUT2D eigenvalue weighted by Crippen LogP contribution is -2.10. The molecule has 0 spiro atoms. The molecule has 0 unspecified atom stereocenters. The van der Waals surface area contributed by atoms with Crippen molar-refractivity contribution in [2.24, 2.45) is 0 Å². The molecule has 3 rings (SSSR count). The summed E-state index contributed by atoms with van der Waals surface area (Å²) in [4.78, 5) is 0. The van der Waals surface area contributed by atoms with Crippen LogP contribution in [0.4, 0.5) is 4.39 Å². The lowest BCUT2D eigenvalue weighted by molar-refractivity contribution is 0.264. The summed E-state index contributed by atoms with van der Waals surface area (Å²) in [5.41, 5.74) is 1.61. The van der Waals surface area contributed by atoms with E-state index in [2.05, 4.69) is 31.0 Å². The first kappa shape index (κ1) is 16.2. The average Bonchev–Trinajstić information content (AvgIpc) is 3.02. The third-order valence-corrected chi connectivity index (χ3v) is 3.65. The van der Waals surface area contributed by atoms with Crippen molar-refractivity contribution in [1.82, 2.24) is 10.2 Å². The summed E-state index contributed by atoms with van der Waals surface area (Å²) >= 11 is 0. The van der Waals surface area contributed by atoms with E-state index < -0.39 is 5.82 Å². The van der Waals surface area contributed by atoms with Crippen molar-refractivity contribution in [3.8, 4) is 17.2 Å². The van der Waals surface area contributed by atoms with Crippen LogP contribution < -0.4 is 4.74 Å². The van der Waals surface area contributed by atoms with Crippen molar-refractivity contribution in [1.29, 1.82) is 0 Å². The van der Waals surface area contributed by atoms with Gasteiger partial charge < -0.3 is 9.15 Å². The predicted octanol–water partition coefficient (Wildman–Crippen LogP) is 4.75. The van der Waals surface area contributed by atoms with Crippen LogP contribution in [0.1, 0.15) is 32.2 Å². The van der Waals surface area contributed by atoms with Gasteiger partial charge in [-0.25, -0.2) is 4.39 Å². The summed E-state index contributed by atoms with van der Waals surface area (Å²) in [5, 5.41) is 7.77. The molecule has 0 N–H and O–H groups in total. The number of ether oxygens (including phenoxy) is 1. The van der Waals surface area contributed by atoms with Crippen LogP contribution in [0.3, 0.4) is 0 Å². The fourth-order valence-electron chi connectivity index (χ4n) is 2.25. The van der Waals surface area contributed by atoms with Crippen LogP contribution in [0.5, 0.6) is 5.75 Å². The molecule has 1 heterocycles. The Bertz CT molecular complexity index is 820. The summed E-state index contributed by atoms with van der Waals surface area (Å²) in [5.74, 6) is 0.767. The van der Waals surface area contributed by atoms with Gasteiger partial charge in [-0.05, 0) is 35.2 Å². The summed E-state index contributed by atoms with van der Waals surface area (Å²) < 4.78 is 24.8. The second-order valence-electron chi connectivity index (χ2n) is 6.54. The maximum absolute atomic E-state index is 13.7. The van der Waals surface area contributed by atoms with Crippen LogP contribution in [0.2, 0.25) is 0 Å². The zero-order valence-corrected chi connectivity index (χ0v) is 13.9. The molecule has 5 heteroatoms. The quantitative estimate of drug-likeness (QED) is 0.694. The van der Waals surface area contributed by atoms with Crippen LogP contribution in [0.25, 0.3) is 11.5 Å². The van der Waals surface area contributed by atoms with Gasteiger partial charge in [-0.3, -0.25) is 0 Å². The van der Waals surface area contributed by atoms with Crippen molar-refractivity contribution in [3.63, 3.8) is 0 Å². The summed E-state index contributed by atoms with van der Waals surface area (Å²) in [7, 11) is 0. The number of nitrogens with zero attached hydrogens (tertiary/aromatic N) is 2. The molecule has 0 saturated heterocycles. The molecular weight excluding hydrogens is 307 g/mol. The largest absolute Gasteiger partial charge is 0.484 e. The van der Waals surface area contributed by atoms with E-state index in [0.717, 1.165) is 0 Å². The molecule has 0 aliphatic carbocycles. The number of benzene rings is 2. The van der Waals surface area contributed by atoms with Crippen molar-refractivity contribution < 1.29 is 13.5 Å². The SMILES string of the molecule is CC(C)(C)c1ccc(OCc2nnc(-c3ccccc3F)o2)cc1. The van der Waals surface area contributed by atoms with Crippen LogP contribution in [0, 0.1) is 5.82 Å². The first-order valence-corrected chi connectivity index (χ1v) is 7.74. The lowest BCUT2D eigenvalue weighted by Gasteiger charge is -2.19. The topological polar surface area (TPSA) is 48.2 Å². The highest BCUT2D eigenvalue weighted by atomic mass is 19.1. The second kappa shape index (κ2) is 6.43. The third kappa shape index (κ3) is 3.62. The van der Waals surface area contributed by atoms with E-state index in [1.807, 2.05) is 24.3 Å². The first-order valence-electron chi connectivity index (χ1n) is 7.74. The maximum atomic E-state index is 13.7. The van der Waals surface area contributed by atoms with E-state index in [1.165, 1.54) is 11.6 Å². The number of rotatable bonds is 4. The van der Waals surface area contributed by atoms with Crippen molar-refractivity contribution >= 4 is 0 Å². The Hall–Kier alpha value is -2.69. The van der Waals surface area contributed by atoms with Crippen LogP contribution in [-0.2, 0) is 12.0 Å². The van der Waals surface area contributed by atoms with Crippen molar-refractivity contribution in [2.75, 3.05) is 0 Å². The first-order chi connectivity index (χ1) is 11.4. The summed E-state index contributed by atoms with van der Waals surface area (Å²) in [6.07, 6.45) is 0. The molecule has 0 fully saturated rings. The molecule has 0 bridgehead atoms. The van der Waals surface area contributed by atoms with Gasteiger partial charge in [-0.2, -0.15) is 0 Å². The Labute approximate surface area is 140 Å². The molecule has 0 atom stereocenters. The minimum Gasteiger partial charge on any atom is -0.484 e. The molecule has 0 aliphatic heterocycles. The van der Waals surface area contributed by atoms with Crippen molar-refractivity contribution in [3.05, 3.63) is 65.8 Å². The van der Waals surface area contributed by atoms with Gasteiger partial charge in [0.25, 0.3) is 11.8 Å². The highest BCUT2D eigenvalue weighted by Crippen LogP contribution is 2.25. The van der Waals surface area contributed by atoms with E-state index in [1.54, 1.807) is 18.2 Å². The molecule has 4 nitrogen and oxygen atoms in total. The Balaban J connectivity index is 1.67. The van der Waals surface area contributed by atoms with Crippen LogP contribution in [-0.4, -0.2) is 10.2 Å². The van der Waals surface area contributed by atoms with E-state index in [4.69, 9.17) is 9.15 Å². The zero-order chi connectivity index (χ0) is 17.2. The fraction of sp³-hybridized carbons (Fsp3) is 0.263. The highest BCUT2D eigenvalue weighted by Gasteiger charge is 2.14. The van der Waals surface area contributed by atoms with Crippen LogP contribution >= 0.6 is 0 Å². The average molecular weight is 326 g/mol. The molecular formula is C19H19FN2O2. The molecule has 3 aromatic rings. The van der Waals surface area contributed by atoms with Gasteiger partial charge in [-0.15, -0.1) is 10.2 Å². The smallest absolute Gasteiger partial charge is 0.254 e. The van der Waals surface area contributed by atoms with E-state index >= 15 is 0 Å². The lowest BCUT2D eigenvalue weighted by atomic mass is 9.87. The Kier molecular flexibility index (Phi) is 4.34. The second-order valence-corrected chi connectivity index (χ2v) is 6.54. The molecule has 0 saturated carbocycles. The number of aromatic nitrogens is 2. The standard InChI is InChI=1S/C19H19FN2O2/c1-19(2,3)13-8-10-14(11-9-13)23-12-17-21-22-18(24-17)15-6-4-5-7-16(15)20/h4-11H,12H2,1-3H3. The van der Waals surface area contributed by atoms with Crippen molar-refractivity contribution in [2.45, 2.75) is 32.8 Å². The minimum atomic E-state index is -0.397. The van der Waals surface area contributed by atoms with Gasteiger partial charge in [0.1, 0.15) is 11.6 Å². The Morgan fingerprint density at radius 2 is 1.71 bits per heavy atom. The van der Waals surface area contributed by atoms with Gasteiger partial charge >= 0.3 is 0 Å². The Morgan fingerprint density at radius 1 is 1.00 bits per heavy atom. The Morgan fingerprint density at radius 3 is 2.38 bits per heavy atom. The fourth-order valence-corrected chi connectivity index (χ4v) is 2.25. The number of halogens is 1. The monoisotopic (exact) mass is 326 g/mol. The molecule has 1 aromatic heterocycles.